The summed E-state index contributed by atoms with van der Waals surface area (Å²) in [6.07, 6.45) is 2.65. The highest BCUT2D eigenvalue weighted by Gasteiger charge is 2.21. The maximum atomic E-state index is 4.73. The number of thiophene rings is 1. The van der Waals surface area contributed by atoms with Crippen molar-refractivity contribution in [3.63, 3.8) is 0 Å². The van der Waals surface area contributed by atoms with Gasteiger partial charge in [0, 0.05) is 29.9 Å². The van der Waals surface area contributed by atoms with Crippen molar-refractivity contribution in [2.75, 3.05) is 11.9 Å². The Hall–Kier alpha value is -0.910. The standard InChI is InChI=1S/C14H19N3S2/c1-10(13-4-3-7-18-13)17(2)14-16-12(9-19-14)8-15-11-5-6-11/h3-4,7,9-11,15H,5-6,8H2,1-2H3. The number of hydrogen-bond donors (Lipinski definition) is 1. The van der Waals surface area contributed by atoms with Crippen molar-refractivity contribution in [3.8, 4) is 0 Å². The van der Waals surface area contributed by atoms with Crippen LogP contribution in [0.4, 0.5) is 5.13 Å². The fraction of sp³-hybridized carbons (Fsp3) is 0.500. The molecule has 0 bridgehead atoms. The van der Waals surface area contributed by atoms with Crippen molar-refractivity contribution in [1.29, 1.82) is 0 Å². The minimum atomic E-state index is 0.385. The molecule has 102 valence electrons. The molecule has 5 heteroatoms. The average molecular weight is 293 g/mol. The van der Waals surface area contributed by atoms with Gasteiger partial charge in [-0.25, -0.2) is 4.98 Å². The average Bonchev–Trinajstić information content (AvgIpc) is 2.94. The maximum Gasteiger partial charge on any atom is 0.185 e. The summed E-state index contributed by atoms with van der Waals surface area (Å²) in [4.78, 5) is 8.37. The van der Waals surface area contributed by atoms with E-state index < -0.39 is 0 Å². The van der Waals surface area contributed by atoms with E-state index in [0.29, 0.717) is 6.04 Å². The highest BCUT2D eigenvalue weighted by atomic mass is 32.1. The summed E-state index contributed by atoms with van der Waals surface area (Å²) in [5.74, 6) is 0. The first kappa shape index (κ1) is 13.1. The molecule has 0 spiro atoms. The summed E-state index contributed by atoms with van der Waals surface area (Å²) >= 11 is 3.54. The molecule has 0 radical (unpaired) electrons. The molecule has 2 aromatic rings. The molecule has 19 heavy (non-hydrogen) atoms. The lowest BCUT2D eigenvalue weighted by Crippen LogP contribution is -2.21. The summed E-state index contributed by atoms with van der Waals surface area (Å²) < 4.78 is 0. The first-order valence-corrected chi connectivity index (χ1v) is 8.44. The van der Waals surface area contributed by atoms with E-state index in [-0.39, 0.29) is 0 Å². The Morgan fingerprint density at radius 1 is 1.47 bits per heavy atom. The monoisotopic (exact) mass is 293 g/mol. The number of aromatic nitrogens is 1. The summed E-state index contributed by atoms with van der Waals surface area (Å²) in [6.45, 7) is 3.14. The van der Waals surface area contributed by atoms with Crippen LogP contribution in [-0.4, -0.2) is 18.1 Å². The van der Waals surface area contributed by atoms with E-state index in [1.165, 1.54) is 17.7 Å². The molecule has 1 N–H and O–H groups in total. The molecule has 0 aliphatic heterocycles. The number of thiazole rings is 1. The van der Waals surface area contributed by atoms with Gasteiger partial charge in [-0.3, -0.25) is 0 Å². The minimum absolute atomic E-state index is 0.385. The fourth-order valence-electron chi connectivity index (χ4n) is 1.96. The van der Waals surface area contributed by atoms with E-state index in [4.69, 9.17) is 4.98 Å². The maximum absolute atomic E-state index is 4.73. The molecule has 3 rings (SSSR count). The van der Waals surface area contributed by atoms with Gasteiger partial charge in [0.05, 0.1) is 11.7 Å². The molecule has 0 amide bonds. The lowest BCUT2D eigenvalue weighted by atomic mass is 10.2. The second kappa shape index (κ2) is 5.61. The van der Waals surface area contributed by atoms with Gasteiger partial charge in [-0.1, -0.05) is 6.07 Å². The zero-order chi connectivity index (χ0) is 13.2. The first-order chi connectivity index (χ1) is 9.24. The first-order valence-electron chi connectivity index (χ1n) is 6.68. The minimum Gasteiger partial charge on any atom is -0.344 e. The lowest BCUT2D eigenvalue weighted by molar-refractivity contribution is 0.674. The van der Waals surface area contributed by atoms with Crippen molar-refractivity contribution < 1.29 is 0 Å². The van der Waals surface area contributed by atoms with Crippen LogP contribution >= 0.6 is 22.7 Å². The number of anilines is 1. The van der Waals surface area contributed by atoms with Gasteiger partial charge in [0.15, 0.2) is 5.13 Å². The SMILES string of the molecule is CC(c1cccs1)N(C)c1nc(CNC2CC2)cs1. The zero-order valence-corrected chi connectivity index (χ0v) is 12.9. The van der Waals surface area contributed by atoms with E-state index in [9.17, 15) is 0 Å². The molecule has 1 unspecified atom stereocenters. The lowest BCUT2D eigenvalue weighted by Gasteiger charge is -2.23. The van der Waals surface area contributed by atoms with Crippen LogP contribution in [0.5, 0.6) is 0 Å². The van der Waals surface area contributed by atoms with E-state index in [1.54, 1.807) is 22.7 Å². The fourth-order valence-corrected chi connectivity index (χ4v) is 3.66. The molecule has 1 aliphatic rings. The van der Waals surface area contributed by atoms with Crippen LogP contribution in [0.15, 0.2) is 22.9 Å². The predicted molar refractivity (Wildman–Crippen MR) is 83.1 cm³/mol. The van der Waals surface area contributed by atoms with Crippen molar-refractivity contribution in [3.05, 3.63) is 33.5 Å². The normalized spacial score (nSPS) is 16.5. The van der Waals surface area contributed by atoms with Gasteiger partial charge in [-0.15, -0.1) is 22.7 Å². The summed E-state index contributed by atoms with van der Waals surface area (Å²) in [5.41, 5.74) is 1.16. The second-order valence-electron chi connectivity index (χ2n) is 5.08. The van der Waals surface area contributed by atoms with Gasteiger partial charge < -0.3 is 10.2 Å². The molecule has 1 saturated carbocycles. The van der Waals surface area contributed by atoms with E-state index >= 15 is 0 Å². The van der Waals surface area contributed by atoms with Gasteiger partial charge in [0.25, 0.3) is 0 Å². The van der Waals surface area contributed by atoms with Crippen LogP contribution in [0.25, 0.3) is 0 Å². The van der Waals surface area contributed by atoms with E-state index in [2.05, 4.69) is 47.1 Å². The smallest absolute Gasteiger partial charge is 0.185 e. The van der Waals surface area contributed by atoms with Crippen LogP contribution in [0.2, 0.25) is 0 Å². The summed E-state index contributed by atoms with van der Waals surface area (Å²) in [6, 6.07) is 5.43. The Balaban J connectivity index is 1.63. The van der Waals surface area contributed by atoms with Gasteiger partial charge in [0.1, 0.15) is 0 Å². The Morgan fingerprint density at radius 3 is 3.00 bits per heavy atom. The Labute approximate surface area is 122 Å². The molecule has 1 atom stereocenters. The van der Waals surface area contributed by atoms with Crippen molar-refractivity contribution in [2.24, 2.45) is 0 Å². The third kappa shape index (κ3) is 3.16. The molecular formula is C14H19N3S2. The Morgan fingerprint density at radius 2 is 2.32 bits per heavy atom. The molecule has 1 aliphatic carbocycles. The Kier molecular flexibility index (Phi) is 3.86. The van der Waals surface area contributed by atoms with E-state index in [1.807, 2.05) is 0 Å². The summed E-state index contributed by atoms with van der Waals surface area (Å²) in [7, 11) is 2.13. The Bertz CT molecular complexity index is 517. The molecule has 2 aromatic heterocycles. The second-order valence-corrected chi connectivity index (χ2v) is 6.89. The predicted octanol–water partition coefficient (Wildman–Crippen LogP) is 3.65. The number of rotatable bonds is 6. The number of nitrogens with zero attached hydrogens (tertiary/aromatic N) is 2. The largest absolute Gasteiger partial charge is 0.344 e. The van der Waals surface area contributed by atoms with Crippen LogP contribution in [-0.2, 0) is 6.54 Å². The highest BCUT2D eigenvalue weighted by molar-refractivity contribution is 7.13. The van der Waals surface area contributed by atoms with Crippen molar-refractivity contribution >= 4 is 27.8 Å². The summed E-state index contributed by atoms with van der Waals surface area (Å²) in [5, 5.41) is 8.92. The highest BCUT2D eigenvalue weighted by Crippen LogP contribution is 2.30. The molecular weight excluding hydrogens is 274 g/mol. The van der Waals surface area contributed by atoms with Crippen LogP contribution < -0.4 is 10.2 Å². The topological polar surface area (TPSA) is 28.2 Å². The molecule has 0 aromatic carbocycles. The number of nitrogens with one attached hydrogen (secondary N) is 1. The van der Waals surface area contributed by atoms with Gasteiger partial charge in [-0.05, 0) is 31.2 Å². The molecule has 1 fully saturated rings. The van der Waals surface area contributed by atoms with E-state index in [0.717, 1.165) is 23.4 Å². The van der Waals surface area contributed by atoms with Crippen LogP contribution in [0.1, 0.15) is 36.4 Å². The van der Waals surface area contributed by atoms with Gasteiger partial charge >= 0.3 is 0 Å². The van der Waals surface area contributed by atoms with Crippen molar-refractivity contribution in [1.82, 2.24) is 10.3 Å². The quantitative estimate of drug-likeness (QED) is 0.881. The zero-order valence-electron chi connectivity index (χ0n) is 11.3. The molecule has 0 saturated heterocycles. The molecule has 2 heterocycles. The third-order valence-corrected chi connectivity index (χ3v) is 5.55. The van der Waals surface area contributed by atoms with Crippen LogP contribution in [0.3, 0.4) is 0 Å². The van der Waals surface area contributed by atoms with Crippen molar-refractivity contribution in [2.45, 2.75) is 38.4 Å². The van der Waals surface area contributed by atoms with Gasteiger partial charge in [0.2, 0.25) is 0 Å². The molecule has 3 nitrogen and oxygen atoms in total. The van der Waals surface area contributed by atoms with Gasteiger partial charge in [-0.2, -0.15) is 0 Å². The third-order valence-electron chi connectivity index (χ3n) is 3.53. The number of hydrogen-bond acceptors (Lipinski definition) is 5. The van der Waals surface area contributed by atoms with Crippen LogP contribution in [0, 0.1) is 0 Å².